The molecular weight excluding hydrogens is 313 g/mol. The van der Waals surface area contributed by atoms with E-state index in [1.165, 1.54) is 45.7 Å². The van der Waals surface area contributed by atoms with Crippen LogP contribution in [0, 0.1) is 5.82 Å². The van der Waals surface area contributed by atoms with E-state index in [0.29, 0.717) is 22.7 Å². The van der Waals surface area contributed by atoms with Crippen molar-refractivity contribution in [3.05, 3.63) is 60.1 Å². The van der Waals surface area contributed by atoms with Crippen LogP contribution >= 0.6 is 0 Å². The van der Waals surface area contributed by atoms with Crippen LogP contribution in [0.1, 0.15) is 10.4 Å². The zero-order valence-corrected chi connectivity index (χ0v) is 13.6. The van der Waals surface area contributed by atoms with E-state index in [9.17, 15) is 9.18 Å². The van der Waals surface area contributed by atoms with Gasteiger partial charge in [-0.2, -0.15) is 0 Å². The van der Waals surface area contributed by atoms with Crippen LogP contribution in [0.4, 0.5) is 10.1 Å². The Morgan fingerprint density at radius 2 is 1.62 bits per heavy atom. The van der Waals surface area contributed by atoms with Gasteiger partial charge in [0.05, 0.1) is 21.3 Å². The number of allylic oxidation sites excluding steroid dienone is 1. The molecule has 0 bridgehead atoms. The second kappa shape index (κ2) is 8.01. The molecule has 0 aliphatic rings. The van der Waals surface area contributed by atoms with Crippen LogP contribution in [0.15, 0.2) is 48.7 Å². The summed E-state index contributed by atoms with van der Waals surface area (Å²) in [7, 11) is 4.42. The van der Waals surface area contributed by atoms with Crippen LogP contribution in [0.3, 0.4) is 0 Å². The molecule has 2 aromatic carbocycles. The third-order valence-electron chi connectivity index (χ3n) is 3.30. The molecule has 2 aromatic rings. The van der Waals surface area contributed by atoms with Gasteiger partial charge in [-0.15, -0.1) is 0 Å². The third kappa shape index (κ3) is 4.04. The molecule has 0 saturated heterocycles. The Kier molecular flexibility index (Phi) is 5.78. The number of methoxy groups -OCH3 is 3. The van der Waals surface area contributed by atoms with Crippen LogP contribution in [-0.2, 0) is 0 Å². The lowest BCUT2D eigenvalue weighted by Crippen LogP contribution is -1.99. The van der Waals surface area contributed by atoms with Gasteiger partial charge in [-0.25, -0.2) is 4.39 Å². The highest BCUT2D eigenvalue weighted by Gasteiger charge is 2.08. The van der Waals surface area contributed by atoms with E-state index >= 15 is 0 Å². The van der Waals surface area contributed by atoms with E-state index in [2.05, 4.69) is 5.32 Å². The number of ketones is 1. The Morgan fingerprint density at radius 3 is 2.25 bits per heavy atom. The van der Waals surface area contributed by atoms with Crippen LogP contribution in [0.5, 0.6) is 17.2 Å². The van der Waals surface area contributed by atoms with Crippen molar-refractivity contribution < 1.29 is 23.4 Å². The second-order valence-corrected chi connectivity index (χ2v) is 4.76. The van der Waals surface area contributed by atoms with Crippen molar-refractivity contribution in [1.29, 1.82) is 0 Å². The van der Waals surface area contributed by atoms with Crippen molar-refractivity contribution in [2.45, 2.75) is 0 Å². The number of ether oxygens (including phenoxy) is 3. The number of anilines is 1. The Labute approximate surface area is 139 Å². The molecule has 0 amide bonds. The number of hydrogen-bond donors (Lipinski definition) is 1. The van der Waals surface area contributed by atoms with Gasteiger partial charge in [-0.1, -0.05) is 0 Å². The van der Waals surface area contributed by atoms with Crippen LogP contribution in [-0.4, -0.2) is 27.1 Å². The Hall–Kier alpha value is -3.02. The van der Waals surface area contributed by atoms with Gasteiger partial charge < -0.3 is 19.5 Å². The fourth-order valence-electron chi connectivity index (χ4n) is 2.06. The van der Waals surface area contributed by atoms with Crippen LogP contribution in [0.2, 0.25) is 0 Å². The van der Waals surface area contributed by atoms with E-state index in [1.54, 1.807) is 24.3 Å². The molecular formula is C18H18FNO4. The minimum atomic E-state index is -0.484. The molecule has 0 spiro atoms. The highest BCUT2D eigenvalue weighted by molar-refractivity contribution is 6.05. The summed E-state index contributed by atoms with van der Waals surface area (Å²) in [6.45, 7) is 0. The maximum Gasteiger partial charge on any atom is 0.187 e. The minimum absolute atomic E-state index is 0.158. The third-order valence-corrected chi connectivity index (χ3v) is 3.30. The first-order valence-corrected chi connectivity index (χ1v) is 7.12. The number of carbonyl (C=O) groups is 1. The summed E-state index contributed by atoms with van der Waals surface area (Å²) in [4.78, 5) is 12.2. The Balaban J connectivity index is 2.06. The fourth-order valence-corrected chi connectivity index (χ4v) is 2.06. The molecule has 1 N–H and O–H groups in total. The average molecular weight is 331 g/mol. The molecule has 6 heteroatoms. The van der Waals surface area contributed by atoms with Gasteiger partial charge in [0.25, 0.3) is 0 Å². The molecule has 0 radical (unpaired) electrons. The largest absolute Gasteiger partial charge is 0.494 e. The summed E-state index contributed by atoms with van der Waals surface area (Å²) >= 11 is 0. The lowest BCUT2D eigenvalue weighted by Gasteiger charge is -2.08. The predicted octanol–water partition coefficient (Wildman–Crippen LogP) is 3.66. The summed E-state index contributed by atoms with van der Waals surface area (Å²) in [5.41, 5.74) is 0.955. The molecule has 0 atom stereocenters. The van der Waals surface area contributed by atoms with Crippen molar-refractivity contribution >= 4 is 11.5 Å². The normalized spacial score (nSPS) is 10.5. The molecule has 0 aliphatic carbocycles. The highest BCUT2D eigenvalue weighted by atomic mass is 19.1. The zero-order chi connectivity index (χ0) is 17.5. The summed E-state index contributed by atoms with van der Waals surface area (Å²) in [6, 6.07) is 9.32. The smallest absolute Gasteiger partial charge is 0.187 e. The molecule has 2 rings (SSSR count). The average Bonchev–Trinajstić information content (AvgIpc) is 2.61. The van der Waals surface area contributed by atoms with Gasteiger partial charge in [0, 0.05) is 29.6 Å². The number of rotatable bonds is 7. The van der Waals surface area contributed by atoms with E-state index < -0.39 is 5.82 Å². The SMILES string of the molecule is COc1ccc(NC=CC(=O)c2ccc(OC)c(OC)c2)cc1F. The molecule has 0 heterocycles. The van der Waals surface area contributed by atoms with E-state index in [1.807, 2.05) is 0 Å². The molecule has 0 aromatic heterocycles. The van der Waals surface area contributed by atoms with Crippen molar-refractivity contribution in [3.63, 3.8) is 0 Å². The Bertz CT molecular complexity index is 759. The van der Waals surface area contributed by atoms with Gasteiger partial charge >= 0.3 is 0 Å². The van der Waals surface area contributed by atoms with Gasteiger partial charge in [-0.05, 0) is 30.3 Å². The predicted molar refractivity (Wildman–Crippen MR) is 89.6 cm³/mol. The quantitative estimate of drug-likeness (QED) is 0.620. The summed E-state index contributed by atoms with van der Waals surface area (Å²) in [5.74, 6) is 0.470. The maximum atomic E-state index is 13.6. The monoisotopic (exact) mass is 331 g/mol. The maximum absolute atomic E-state index is 13.6. The van der Waals surface area contributed by atoms with Gasteiger partial charge in [0.15, 0.2) is 28.8 Å². The molecule has 0 fully saturated rings. The van der Waals surface area contributed by atoms with Crippen LogP contribution < -0.4 is 19.5 Å². The lowest BCUT2D eigenvalue weighted by molar-refractivity contribution is 0.104. The van der Waals surface area contributed by atoms with Gasteiger partial charge in [-0.3, -0.25) is 4.79 Å². The molecule has 126 valence electrons. The molecule has 0 unspecified atom stereocenters. The molecule has 0 saturated carbocycles. The number of carbonyl (C=O) groups excluding carboxylic acids is 1. The first-order valence-electron chi connectivity index (χ1n) is 7.12. The number of nitrogens with one attached hydrogen (secondary N) is 1. The van der Waals surface area contributed by atoms with Crippen molar-refractivity contribution in [1.82, 2.24) is 0 Å². The lowest BCUT2D eigenvalue weighted by atomic mass is 10.1. The first-order chi connectivity index (χ1) is 11.6. The standard InChI is InChI=1S/C18H18FNO4/c1-22-16-7-5-13(11-14(16)19)20-9-8-15(21)12-4-6-17(23-2)18(10-12)24-3/h4-11,20H,1-3H3. The van der Waals surface area contributed by atoms with E-state index in [-0.39, 0.29) is 11.5 Å². The summed E-state index contributed by atoms with van der Waals surface area (Å²) < 4.78 is 28.7. The topological polar surface area (TPSA) is 56.8 Å². The fraction of sp³-hybridized carbons (Fsp3) is 0.167. The molecule has 5 nitrogen and oxygen atoms in total. The van der Waals surface area contributed by atoms with Crippen molar-refractivity contribution in [3.8, 4) is 17.2 Å². The number of benzene rings is 2. The number of halogens is 1. The zero-order valence-electron chi connectivity index (χ0n) is 13.6. The number of hydrogen-bond acceptors (Lipinski definition) is 5. The first kappa shape index (κ1) is 17.3. The summed E-state index contributed by atoms with van der Waals surface area (Å²) in [6.07, 6.45) is 2.80. The molecule has 24 heavy (non-hydrogen) atoms. The van der Waals surface area contributed by atoms with Gasteiger partial charge in [0.2, 0.25) is 0 Å². The van der Waals surface area contributed by atoms with Crippen molar-refractivity contribution in [2.24, 2.45) is 0 Å². The van der Waals surface area contributed by atoms with E-state index in [4.69, 9.17) is 14.2 Å². The van der Waals surface area contributed by atoms with E-state index in [0.717, 1.165) is 0 Å². The van der Waals surface area contributed by atoms with Crippen molar-refractivity contribution in [2.75, 3.05) is 26.6 Å². The highest BCUT2D eigenvalue weighted by Crippen LogP contribution is 2.27. The minimum Gasteiger partial charge on any atom is -0.494 e. The molecule has 0 aliphatic heterocycles. The van der Waals surface area contributed by atoms with Gasteiger partial charge in [0.1, 0.15) is 0 Å². The summed E-state index contributed by atoms with van der Waals surface area (Å²) in [5, 5.41) is 2.84. The Morgan fingerprint density at radius 1 is 0.958 bits per heavy atom. The second-order valence-electron chi connectivity index (χ2n) is 4.76. The van der Waals surface area contributed by atoms with Crippen LogP contribution in [0.25, 0.3) is 0 Å².